The summed E-state index contributed by atoms with van der Waals surface area (Å²) in [4.78, 5) is 2.43. The quantitative estimate of drug-likeness (QED) is 0.683. The topological polar surface area (TPSA) is 12.5 Å². The summed E-state index contributed by atoms with van der Waals surface area (Å²) >= 11 is 0. The molecule has 0 bridgehead atoms. The standard InChI is InChI=1S/C16H27NO/c1-6-17(7-2)11-8-12-18-16-14(4)10-9-13(3)15(16)5/h9-10H,6-8,11-12H2,1-5H3. The minimum absolute atomic E-state index is 0.807. The Balaban J connectivity index is 2.47. The molecule has 0 saturated carbocycles. The lowest BCUT2D eigenvalue weighted by atomic mass is 10.1. The molecule has 0 heterocycles. The van der Waals surface area contributed by atoms with Gasteiger partial charge < -0.3 is 9.64 Å². The van der Waals surface area contributed by atoms with Crippen LogP contribution in [0.5, 0.6) is 5.75 Å². The Morgan fingerprint density at radius 2 is 1.61 bits per heavy atom. The number of rotatable bonds is 7. The average Bonchev–Trinajstić information content (AvgIpc) is 2.38. The van der Waals surface area contributed by atoms with Crippen LogP contribution in [0.3, 0.4) is 0 Å². The third-order valence-corrected chi connectivity index (χ3v) is 3.63. The fourth-order valence-corrected chi connectivity index (χ4v) is 2.15. The van der Waals surface area contributed by atoms with E-state index in [9.17, 15) is 0 Å². The molecule has 0 aliphatic rings. The second-order valence-corrected chi connectivity index (χ2v) is 4.88. The molecule has 0 atom stereocenters. The number of hydrogen-bond acceptors (Lipinski definition) is 2. The Morgan fingerprint density at radius 1 is 1.00 bits per heavy atom. The summed E-state index contributed by atoms with van der Waals surface area (Å²) < 4.78 is 5.96. The molecule has 102 valence electrons. The van der Waals surface area contributed by atoms with Crippen molar-refractivity contribution >= 4 is 0 Å². The third kappa shape index (κ3) is 4.02. The number of hydrogen-bond donors (Lipinski definition) is 0. The monoisotopic (exact) mass is 249 g/mol. The van der Waals surface area contributed by atoms with Gasteiger partial charge in [-0.05, 0) is 57.0 Å². The van der Waals surface area contributed by atoms with E-state index in [1.807, 2.05) is 0 Å². The Morgan fingerprint density at radius 3 is 2.22 bits per heavy atom. The van der Waals surface area contributed by atoms with Crippen LogP contribution < -0.4 is 4.74 Å². The van der Waals surface area contributed by atoms with Crippen molar-refractivity contribution in [1.82, 2.24) is 4.90 Å². The third-order valence-electron chi connectivity index (χ3n) is 3.63. The van der Waals surface area contributed by atoms with Crippen molar-refractivity contribution in [3.05, 3.63) is 28.8 Å². The Bertz CT molecular complexity index is 370. The Kier molecular flexibility index (Phi) is 6.20. The number of ether oxygens (including phenoxy) is 1. The van der Waals surface area contributed by atoms with Crippen LogP contribution in [0.1, 0.15) is 37.0 Å². The van der Waals surface area contributed by atoms with Gasteiger partial charge in [0.25, 0.3) is 0 Å². The molecule has 0 aliphatic carbocycles. The largest absolute Gasteiger partial charge is 0.493 e. The van der Waals surface area contributed by atoms with Crippen LogP contribution in [0.15, 0.2) is 12.1 Å². The van der Waals surface area contributed by atoms with Crippen LogP contribution >= 0.6 is 0 Å². The fraction of sp³-hybridized carbons (Fsp3) is 0.625. The van der Waals surface area contributed by atoms with Crippen molar-refractivity contribution in [2.75, 3.05) is 26.2 Å². The lowest BCUT2D eigenvalue weighted by molar-refractivity contribution is 0.247. The summed E-state index contributed by atoms with van der Waals surface area (Å²) in [6.07, 6.45) is 1.09. The first-order chi connectivity index (χ1) is 8.60. The zero-order chi connectivity index (χ0) is 13.5. The van der Waals surface area contributed by atoms with Crippen LogP contribution in [0.4, 0.5) is 0 Å². The van der Waals surface area contributed by atoms with Crippen molar-refractivity contribution in [3.8, 4) is 5.75 Å². The van der Waals surface area contributed by atoms with Gasteiger partial charge in [-0.25, -0.2) is 0 Å². The highest BCUT2D eigenvalue weighted by Crippen LogP contribution is 2.25. The van der Waals surface area contributed by atoms with Gasteiger partial charge in [-0.3, -0.25) is 0 Å². The maximum Gasteiger partial charge on any atom is 0.125 e. The van der Waals surface area contributed by atoms with Gasteiger partial charge in [0.2, 0.25) is 0 Å². The molecule has 0 N–H and O–H groups in total. The lowest BCUT2D eigenvalue weighted by Gasteiger charge is -2.19. The lowest BCUT2D eigenvalue weighted by Crippen LogP contribution is -2.25. The highest BCUT2D eigenvalue weighted by molar-refractivity contribution is 5.44. The molecular weight excluding hydrogens is 222 g/mol. The molecule has 1 aromatic carbocycles. The summed E-state index contributed by atoms with van der Waals surface area (Å²) in [5, 5.41) is 0. The van der Waals surface area contributed by atoms with Crippen molar-refractivity contribution in [3.63, 3.8) is 0 Å². The van der Waals surface area contributed by atoms with Gasteiger partial charge in [0.05, 0.1) is 6.61 Å². The number of nitrogens with zero attached hydrogens (tertiary/aromatic N) is 1. The zero-order valence-electron chi connectivity index (χ0n) is 12.5. The smallest absolute Gasteiger partial charge is 0.125 e. The van der Waals surface area contributed by atoms with Crippen LogP contribution in [-0.2, 0) is 0 Å². The summed E-state index contributed by atoms with van der Waals surface area (Å²) in [5.74, 6) is 1.08. The number of aryl methyl sites for hydroxylation is 2. The van der Waals surface area contributed by atoms with Crippen LogP contribution in [0.2, 0.25) is 0 Å². The number of benzene rings is 1. The van der Waals surface area contributed by atoms with Crippen molar-refractivity contribution in [2.24, 2.45) is 0 Å². The van der Waals surface area contributed by atoms with E-state index in [2.05, 4.69) is 51.7 Å². The molecule has 0 radical (unpaired) electrons. The van der Waals surface area contributed by atoms with E-state index in [1.54, 1.807) is 0 Å². The molecule has 0 spiro atoms. The van der Waals surface area contributed by atoms with Crippen LogP contribution in [0.25, 0.3) is 0 Å². The molecule has 2 heteroatoms. The van der Waals surface area contributed by atoms with E-state index in [0.717, 1.165) is 38.4 Å². The van der Waals surface area contributed by atoms with Crippen LogP contribution in [0, 0.1) is 20.8 Å². The molecule has 0 aromatic heterocycles. The Hall–Kier alpha value is -1.02. The van der Waals surface area contributed by atoms with Crippen LogP contribution in [-0.4, -0.2) is 31.1 Å². The van der Waals surface area contributed by atoms with Crippen molar-refractivity contribution < 1.29 is 4.74 Å². The Labute approximate surface area is 112 Å². The predicted molar refractivity (Wildman–Crippen MR) is 78.6 cm³/mol. The van der Waals surface area contributed by atoms with Gasteiger partial charge in [-0.1, -0.05) is 26.0 Å². The molecule has 18 heavy (non-hydrogen) atoms. The molecule has 2 nitrogen and oxygen atoms in total. The summed E-state index contributed by atoms with van der Waals surface area (Å²) in [7, 11) is 0. The molecule has 1 aromatic rings. The molecular formula is C16H27NO. The minimum Gasteiger partial charge on any atom is -0.493 e. The van der Waals surface area contributed by atoms with Crippen molar-refractivity contribution in [2.45, 2.75) is 41.0 Å². The predicted octanol–water partition coefficient (Wildman–Crippen LogP) is 3.72. The van der Waals surface area contributed by atoms with Gasteiger partial charge >= 0.3 is 0 Å². The first kappa shape index (κ1) is 15.0. The first-order valence-electron chi connectivity index (χ1n) is 7.02. The molecule has 0 aliphatic heterocycles. The maximum absolute atomic E-state index is 5.96. The van der Waals surface area contributed by atoms with Gasteiger partial charge in [0.15, 0.2) is 0 Å². The zero-order valence-corrected chi connectivity index (χ0v) is 12.5. The van der Waals surface area contributed by atoms with E-state index in [0.29, 0.717) is 0 Å². The van der Waals surface area contributed by atoms with Gasteiger partial charge in [0.1, 0.15) is 5.75 Å². The summed E-state index contributed by atoms with van der Waals surface area (Å²) in [6, 6.07) is 4.30. The molecule has 0 fully saturated rings. The van der Waals surface area contributed by atoms with Gasteiger partial charge in [-0.15, -0.1) is 0 Å². The second kappa shape index (κ2) is 7.42. The fourth-order valence-electron chi connectivity index (χ4n) is 2.15. The molecule has 1 rings (SSSR count). The first-order valence-corrected chi connectivity index (χ1v) is 7.02. The molecule has 0 unspecified atom stereocenters. The highest BCUT2D eigenvalue weighted by atomic mass is 16.5. The summed E-state index contributed by atoms with van der Waals surface area (Å²) in [6.45, 7) is 15.0. The highest BCUT2D eigenvalue weighted by Gasteiger charge is 2.06. The minimum atomic E-state index is 0.807. The van der Waals surface area contributed by atoms with Crippen molar-refractivity contribution in [1.29, 1.82) is 0 Å². The summed E-state index contributed by atoms with van der Waals surface area (Å²) in [5.41, 5.74) is 3.82. The maximum atomic E-state index is 5.96. The van der Waals surface area contributed by atoms with E-state index in [-0.39, 0.29) is 0 Å². The van der Waals surface area contributed by atoms with E-state index < -0.39 is 0 Å². The van der Waals surface area contributed by atoms with E-state index >= 15 is 0 Å². The van der Waals surface area contributed by atoms with E-state index in [1.165, 1.54) is 16.7 Å². The molecule has 0 saturated heterocycles. The van der Waals surface area contributed by atoms with Gasteiger partial charge in [0, 0.05) is 6.54 Å². The second-order valence-electron chi connectivity index (χ2n) is 4.88. The molecule has 0 amide bonds. The SMILES string of the molecule is CCN(CC)CCCOc1c(C)ccc(C)c1C. The van der Waals surface area contributed by atoms with Gasteiger partial charge in [-0.2, -0.15) is 0 Å². The normalized spacial score (nSPS) is 11.0. The van der Waals surface area contributed by atoms with E-state index in [4.69, 9.17) is 4.74 Å². The average molecular weight is 249 g/mol.